The van der Waals surface area contributed by atoms with Gasteiger partial charge in [-0.25, -0.2) is 0 Å². The zero-order valence-corrected chi connectivity index (χ0v) is 19.6. The number of nitrogen functional groups attached to an aromatic ring is 1. The van der Waals surface area contributed by atoms with Gasteiger partial charge < -0.3 is 10.5 Å². The highest BCUT2D eigenvalue weighted by Crippen LogP contribution is 2.36. The zero-order valence-electron chi connectivity index (χ0n) is 19.6. The number of amides is 1. The van der Waals surface area contributed by atoms with Gasteiger partial charge in [-0.15, -0.1) is 0 Å². The van der Waals surface area contributed by atoms with Gasteiger partial charge in [0.2, 0.25) is 5.91 Å². The number of anilines is 3. The number of hydrogen-bond acceptors (Lipinski definition) is 3. The van der Waals surface area contributed by atoms with Gasteiger partial charge in [0.15, 0.2) is 0 Å². The third-order valence-electron chi connectivity index (χ3n) is 5.82. The predicted octanol–water partition coefficient (Wildman–Crippen LogP) is 7.60. The number of unbranched alkanes of at least 4 members (excludes halogenated alkanes) is 2. The van der Waals surface area contributed by atoms with Crippen LogP contribution in [0.25, 0.3) is 0 Å². The van der Waals surface area contributed by atoms with Crippen LogP contribution in [0.3, 0.4) is 0 Å². The SMILES string of the molecule is CCCCCC(C)(C)c1ccc(Oc2ccc(N(C(C)=O)c3ccccc3)cc2)cc1N. The molecule has 0 bridgehead atoms. The van der Waals surface area contributed by atoms with Crippen molar-refractivity contribution in [3.8, 4) is 11.5 Å². The van der Waals surface area contributed by atoms with E-state index >= 15 is 0 Å². The van der Waals surface area contributed by atoms with Crippen molar-refractivity contribution in [2.45, 2.75) is 58.8 Å². The lowest BCUT2D eigenvalue weighted by Gasteiger charge is -2.27. The molecule has 0 unspecified atom stereocenters. The maximum Gasteiger partial charge on any atom is 0.228 e. The molecule has 32 heavy (non-hydrogen) atoms. The molecule has 0 spiro atoms. The fourth-order valence-electron chi connectivity index (χ4n) is 4.06. The first-order chi connectivity index (χ1) is 15.3. The van der Waals surface area contributed by atoms with E-state index in [9.17, 15) is 4.79 Å². The standard InChI is InChI=1S/C28H34N2O2/c1-5-6-10-19-28(3,4)26-18-17-25(20-27(26)29)32-24-15-13-23(14-16-24)30(21(2)31)22-11-8-7-9-12-22/h7-9,11-18,20H,5-6,10,19,29H2,1-4H3. The van der Waals surface area contributed by atoms with Crippen LogP contribution < -0.4 is 15.4 Å². The third kappa shape index (κ3) is 5.70. The van der Waals surface area contributed by atoms with Crippen LogP contribution in [-0.2, 0) is 10.2 Å². The molecule has 2 N–H and O–H groups in total. The van der Waals surface area contributed by atoms with Gasteiger partial charge in [-0.3, -0.25) is 9.69 Å². The van der Waals surface area contributed by atoms with Gasteiger partial charge in [0.25, 0.3) is 0 Å². The van der Waals surface area contributed by atoms with Gasteiger partial charge in [0, 0.05) is 30.1 Å². The molecule has 3 aromatic rings. The largest absolute Gasteiger partial charge is 0.457 e. The first-order valence-corrected chi connectivity index (χ1v) is 11.4. The number of hydrogen-bond donors (Lipinski definition) is 1. The van der Waals surface area contributed by atoms with Gasteiger partial charge in [-0.1, -0.05) is 64.3 Å². The molecule has 0 fully saturated rings. The Morgan fingerprint density at radius 3 is 2.12 bits per heavy atom. The maximum atomic E-state index is 12.2. The van der Waals surface area contributed by atoms with Crippen LogP contribution in [0.1, 0.15) is 58.9 Å². The summed E-state index contributed by atoms with van der Waals surface area (Å²) in [5.41, 5.74) is 9.98. The second kappa shape index (κ2) is 10.4. The first-order valence-electron chi connectivity index (χ1n) is 11.4. The molecule has 0 heterocycles. The Bertz CT molecular complexity index is 1030. The maximum absolute atomic E-state index is 12.2. The molecule has 0 aliphatic carbocycles. The second-order valence-corrected chi connectivity index (χ2v) is 8.88. The van der Waals surface area contributed by atoms with E-state index in [1.807, 2.05) is 66.7 Å². The molecule has 0 aliphatic rings. The van der Waals surface area contributed by atoms with Gasteiger partial charge in [0.1, 0.15) is 11.5 Å². The summed E-state index contributed by atoms with van der Waals surface area (Å²) in [6.45, 7) is 8.28. The first kappa shape index (κ1) is 23.4. The highest BCUT2D eigenvalue weighted by Gasteiger charge is 2.23. The molecule has 0 atom stereocenters. The van der Waals surface area contributed by atoms with E-state index in [1.54, 1.807) is 11.8 Å². The number of nitrogens with two attached hydrogens (primary N) is 1. The van der Waals surface area contributed by atoms with E-state index < -0.39 is 0 Å². The van der Waals surface area contributed by atoms with Crippen LogP contribution in [0.5, 0.6) is 11.5 Å². The topological polar surface area (TPSA) is 55.6 Å². The van der Waals surface area contributed by atoms with E-state index in [1.165, 1.54) is 19.3 Å². The Hall–Kier alpha value is -3.27. The average molecular weight is 431 g/mol. The van der Waals surface area contributed by atoms with Crippen molar-refractivity contribution >= 4 is 23.0 Å². The summed E-state index contributed by atoms with van der Waals surface area (Å²) in [6, 6.07) is 23.1. The molecule has 0 radical (unpaired) electrons. The summed E-state index contributed by atoms with van der Waals surface area (Å²) in [5, 5.41) is 0. The van der Waals surface area contributed by atoms with Gasteiger partial charge in [0.05, 0.1) is 0 Å². The minimum atomic E-state index is -0.0465. The van der Waals surface area contributed by atoms with Crippen LogP contribution >= 0.6 is 0 Å². The van der Waals surface area contributed by atoms with E-state index in [0.29, 0.717) is 11.5 Å². The molecule has 0 aromatic heterocycles. The van der Waals surface area contributed by atoms with Gasteiger partial charge in [-0.05, 0) is 59.9 Å². The second-order valence-electron chi connectivity index (χ2n) is 8.88. The molecule has 1 amide bonds. The predicted molar refractivity (Wildman–Crippen MR) is 134 cm³/mol. The van der Waals surface area contributed by atoms with E-state index in [2.05, 4.69) is 26.8 Å². The van der Waals surface area contributed by atoms with Gasteiger partial charge >= 0.3 is 0 Å². The Kier molecular flexibility index (Phi) is 7.57. The van der Waals surface area contributed by atoms with Crippen molar-refractivity contribution in [3.05, 3.63) is 78.4 Å². The Morgan fingerprint density at radius 2 is 1.53 bits per heavy atom. The Morgan fingerprint density at radius 1 is 0.906 bits per heavy atom. The number of ether oxygens (including phenoxy) is 1. The number of benzene rings is 3. The number of nitrogens with zero attached hydrogens (tertiary/aromatic N) is 1. The normalized spacial score (nSPS) is 11.2. The molecule has 168 valence electrons. The molecule has 0 saturated carbocycles. The van der Waals surface area contributed by atoms with Crippen molar-refractivity contribution in [3.63, 3.8) is 0 Å². The third-order valence-corrected chi connectivity index (χ3v) is 5.82. The molecule has 3 aromatic carbocycles. The summed E-state index contributed by atoms with van der Waals surface area (Å²) < 4.78 is 6.04. The number of carbonyl (C=O) groups is 1. The molecular formula is C28H34N2O2. The summed E-state index contributed by atoms with van der Waals surface area (Å²) >= 11 is 0. The quantitative estimate of drug-likeness (QED) is 0.281. The number of rotatable bonds is 9. The minimum absolute atomic E-state index is 0.0347. The smallest absolute Gasteiger partial charge is 0.228 e. The van der Waals surface area contributed by atoms with Crippen molar-refractivity contribution < 1.29 is 9.53 Å². The average Bonchev–Trinajstić information content (AvgIpc) is 2.75. The Balaban J connectivity index is 1.74. The lowest BCUT2D eigenvalue weighted by Crippen LogP contribution is -2.22. The molecule has 0 saturated heterocycles. The lowest BCUT2D eigenvalue weighted by atomic mass is 9.79. The van der Waals surface area contributed by atoms with Crippen LogP contribution in [0.2, 0.25) is 0 Å². The Labute approximate surface area is 192 Å². The minimum Gasteiger partial charge on any atom is -0.457 e. The van der Waals surface area contributed by atoms with Crippen LogP contribution in [0, 0.1) is 0 Å². The molecule has 3 rings (SSSR count). The summed E-state index contributed by atoms with van der Waals surface area (Å²) in [5.74, 6) is 1.35. The van der Waals surface area contributed by atoms with Crippen molar-refractivity contribution in [2.75, 3.05) is 10.6 Å². The molecular weight excluding hydrogens is 396 g/mol. The summed E-state index contributed by atoms with van der Waals surface area (Å²) in [7, 11) is 0. The van der Waals surface area contributed by atoms with Crippen molar-refractivity contribution in [1.82, 2.24) is 0 Å². The highest BCUT2D eigenvalue weighted by atomic mass is 16.5. The fourth-order valence-corrected chi connectivity index (χ4v) is 4.06. The van der Waals surface area contributed by atoms with Crippen LogP contribution in [0.4, 0.5) is 17.1 Å². The van der Waals surface area contributed by atoms with Crippen LogP contribution in [0.15, 0.2) is 72.8 Å². The van der Waals surface area contributed by atoms with E-state index in [-0.39, 0.29) is 11.3 Å². The lowest BCUT2D eigenvalue weighted by molar-refractivity contribution is -0.115. The summed E-state index contributed by atoms with van der Waals surface area (Å²) in [6.07, 6.45) is 4.77. The monoisotopic (exact) mass is 430 g/mol. The van der Waals surface area contributed by atoms with E-state index in [4.69, 9.17) is 10.5 Å². The van der Waals surface area contributed by atoms with Crippen molar-refractivity contribution in [2.24, 2.45) is 0 Å². The fraction of sp³-hybridized carbons (Fsp3) is 0.321. The molecule has 0 aliphatic heterocycles. The van der Waals surface area contributed by atoms with Crippen LogP contribution in [-0.4, -0.2) is 5.91 Å². The van der Waals surface area contributed by atoms with E-state index in [0.717, 1.165) is 29.0 Å². The van der Waals surface area contributed by atoms with Gasteiger partial charge in [-0.2, -0.15) is 0 Å². The molecule has 4 nitrogen and oxygen atoms in total. The van der Waals surface area contributed by atoms with Crippen molar-refractivity contribution in [1.29, 1.82) is 0 Å². The summed E-state index contributed by atoms with van der Waals surface area (Å²) in [4.78, 5) is 13.9. The zero-order chi connectivity index (χ0) is 23.1. The number of para-hydroxylation sites is 1. The molecule has 4 heteroatoms. The number of carbonyl (C=O) groups excluding carboxylic acids is 1. The highest BCUT2D eigenvalue weighted by molar-refractivity contribution is 5.99.